The van der Waals surface area contributed by atoms with E-state index in [0.29, 0.717) is 29.2 Å². The van der Waals surface area contributed by atoms with Crippen LogP contribution in [0.4, 0.5) is 11.4 Å². The summed E-state index contributed by atoms with van der Waals surface area (Å²) in [6.07, 6.45) is 1.04. The van der Waals surface area contributed by atoms with Crippen LogP contribution in [-0.4, -0.2) is 18.0 Å². The van der Waals surface area contributed by atoms with Crippen molar-refractivity contribution >= 4 is 28.8 Å². The summed E-state index contributed by atoms with van der Waals surface area (Å²) < 4.78 is 5.20. The third kappa shape index (κ3) is 3.59. The van der Waals surface area contributed by atoms with Crippen molar-refractivity contribution in [2.75, 3.05) is 17.7 Å². The van der Waals surface area contributed by atoms with E-state index in [4.69, 9.17) is 16.3 Å². The molecule has 0 saturated carbocycles. The molecule has 6 heteroatoms. The zero-order valence-corrected chi connectivity index (χ0v) is 18.3. The van der Waals surface area contributed by atoms with E-state index in [1.54, 1.807) is 12.1 Å². The number of aromatic hydroxyl groups is 1. The van der Waals surface area contributed by atoms with Crippen molar-refractivity contribution in [3.8, 4) is 11.5 Å². The topological polar surface area (TPSA) is 70.6 Å². The number of benzene rings is 3. The number of ether oxygens (including phenoxy) is 1. The lowest BCUT2D eigenvalue weighted by atomic mass is 9.78. The highest BCUT2D eigenvalue weighted by Gasteiger charge is 2.36. The molecule has 5 rings (SSSR count). The number of fused-ring (bicyclic) bond motifs is 1. The van der Waals surface area contributed by atoms with Gasteiger partial charge in [-0.3, -0.25) is 4.79 Å². The standard InChI is InChI=1S/C26H23ClN2O3/c1-32-24-11-10-15(13-22(24)30)26-25-21(28-19-8-4-5-9-20(19)29-26)12-16(14-23(25)31)17-6-2-3-7-18(17)27/h2-11,13,16,26,28-30H,12,14H2,1H3/t16-,26-/m0/s1. The number of nitrogens with one attached hydrogen (secondary N) is 2. The molecule has 3 aromatic rings. The van der Waals surface area contributed by atoms with E-state index >= 15 is 0 Å². The van der Waals surface area contributed by atoms with Crippen LogP contribution in [0.1, 0.15) is 35.9 Å². The van der Waals surface area contributed by atoms with Gasteiger partial charge in [-0.1, -0.05) is 48.0 Å². The number of carbonyl (C=O) groups excluding carboxylic acids is 1. The molecule has 2 aliphatic rings. The fraction of sp³-hybridized carbons (Fsp3) is 0.192. The molecule has 1 aliphatic carbocycles. The number of methoxy groups -OCH3 is 1. The molecular weight excluding hydrogens is 424 g/mol. The molecule has 5 nitrogen and oxygen atoms in total. The average Bonchev–Trinajstić information content (AvgIpc) is 2.96. The van der Waals surface area contributed by atoms with Crippen molar-refractivity contribution in [3.05, 3.63) is 94.1 Å². The quantitative estimate of drug-likeness (QED) is 0.458. The fourth-order valence-electron chi connectivity index (χ4n) is 4.66. The second kappa shape index (κ2) is 8.24. The maximum Gasteiger partial charge on any atom is 0.163 e. The maximum atomic E-state index is 13.6. The highest BCUT2D eigenvalue weighted by Crippen LogP contribution is 2.46. The van der Waals surface area contributed by atoms with Crippen LogP contribution >= 0.6 is 11.6 Å². The summed E-state index contributed by atoms with van der Waals surface area (Å²) in [6.45, 7) is 0. The van der Waals surface area contributed by atoms with Gasteiger partial charge in [-0.05, 0) is 53.8 Å². The Morgan fingerprint density at radius 1 is 1.00 bits per heavy atom. The van der Waals surface area contributed by atoms with Gasteiger partial charge in [0.05, 0.1) is 24.5 Å². The number of allylic oxidation sites excluding steroid dienone is 1. The summed E-state index contributed by atoms with van der Waals surface area (Å²) in [7, 11) is 1.51. The number of carbonyl (C=O) groups is 1. The molecule has 3 N–H and O–H groups in total. The minimum Gasteiger partial charge on any atom is -0.504 e. The van der Waals surface area contributed by atoms with E-state index in [1.165, 1.54) is 7.11 Å². The Bertz CT molecular complexity index is 1240. The van der Waals surface area contributed by atoms with Gasteiger partial charge in [0.2, 0.25) is 0 Å². The van der Waals surface area contributed by atoms with E-state index in [2.05, 4.69) is 10.6 Å². The molecule has 0 unspecified atom stereocenters. The average molecular weight is 447 g/mol. The number of phenolic OH excluding ortho intramolecular Hbond substituents is 1. The largest absolute Gasteiger partial charge is 0.504 e. The molecule has 0 radical (unpaired) electrons. The Balaban J connectivity index is 1.62. The van der Waals surface area contributed by atoms with E-state index in [-0.39, 0.29) is 17.5 Å². The molecule has 1 heterocycles. The van der Waals surface area contributed by atoms with Crippen molar-refractivity contribution in [1.82, 2.24) is 0 Å². The predicted molar refractivity (Wildman–Crippen MR) is 127 cm³/mol. The number of halogens is 1. The first-order valence-corrected chi connectivity index (χ1v) is 10.9. The van der Waals surface area contributed by atoms with Crippen molar-refractivity contribution in [3.63, 3.8) is 0 Å². The number of ketones is 1. The maximum absolute atomic E-state index is 13.6. The Kier molecular flexibility index (Phi) is 5.27. The van der Waals surface area contributed by atoms with Gasteiger partial charge in [0, 0.05) is 22.7 Å². The molecule has 162 valence electrons. The second-order valence-corrected chi connectivity index (χ2v) is 8.53. The minimum atomic E-state index is -0.405. The van der Waals surface area contributed by atoms with Crippen molar-refractivity contribution in [2.45, 2.75) is 24.8 Å². The van der Waals surface area contributed by atoms with E-state index in [9.17, 15) is 9.90 Å². The molecule has 0 bridgehead atoms. The molecule has 3 aromatic carbocycles. The Morgan fingerprint density at radius 3 is 2.50 bits per heavy atom. The first kappa shape index (κ1) is 20.5. The minimum absolute atomic E-state index is 0.00219. The molecule has 0 spiro atoms. The number of rotatable bonds is 3. The Labute approximate surface area is 191 Å². The fourth-order valence-corrected chi connectivity index (χ4v) is 4.95. The number of hydrogen-bond acceptors (Lipinski definition) is 5. The molecule has 0 fully saturated rings. The van der Waals surface area contributed by atoms with Crippen molar-refractivity contribution in [1.29, 1.82) is 0 Å². The van der Waals surface area contributed by atoms with E-state index in [0.717, 1.165) is 28.2 Å². The summed E-state index contributed by atoms with van der Waals surface area (Å²) in [5.41, 5.74) is 5.15. The summed E-state index contributed by atoms with van der Waals surface area (Å²) in [6, 6.07) is 20.4. The highest BCUT2D eigenvalue weighted by atomic mass is 35.5. The smallest absolute Gasteiger partial charge is 0.163 e. The SMILES string of the molecule is COc1ccc([C@@H]2Nc3ccccc3NC3=C2C(=O)C[C@@H](c2ccccc2Cl)C3)cc1O. The van der Waals surface area contributed by atoms with Gasteiger partial charge in [0.1, 0.15) is 0 Å². The van der Waals surface area contributed by atoms with Crippen LogP contribution in [0.25, 0.3) is 0 Å². The molecule has 32 heavy (non-hydrogen) atoms. The first-order chi connectivity index (χ1) is 15.5. The number of Topliss-reactive ketones (excluding diaryl/α,β-unsaturated/α-hetero) is 1. The summed E-state index contributed by atoms with van der Waals surface area (Å²) in [5.74, 6) is 0.488. The Hall–Kier alpha value is -3.44. The normalized spacial score (nSPS) is 19.9. The molecule has 0 saturated heterocycles. The van der Waals surface area contributed by atoms with Gasteiger partial charge in [-0.15, -0.1) is 0 Å². The van der Waals surface area contributed by atoms with E-state index in [1.807, 2.05) is 54.6 Å². The molecule has 0 amide bonds. The third-order valence-electron chi connectivity index (χ3n) is 6.19. The zero-order valence-electron chi connectivity index (χ0n) is 17.6. The lowest BCUT2D eigenvalue weighted by molar-refractivity contribution is -0.116. The summed E-state index contributed by atoms with van der Waals surface area (Å²) in [5, 5.41) is 18.1. The van der Waals surface area contributed by atoms with Gasteiger partial charge < -0.3 is 20.5 Å². The molecule has 0 aromatic heterocycles. The zero-order chi connectivity index (χ0) is 22.2. The van der Waals surface area contributed by atoms with Crippen LogP contribution < -0.4 is 15.4 Å². The summed E-state index contributed by atoms with van der Waals surface area (Å²) >= 11 is 6.46. The second-order valence-electron chi connectivity index (χ2n) is 8.12. The van der Waals surface area contributed by atoms with Gasteiger partial charge in [-0.2, -0.15) is 0 Å². The van der Waals surface area contributed by atoms with Gasteiger partial charge in [0.15, 0.2) is 17.3 Å². The van der Waals surface area contributed by atoms with Crippen LogP contribution in [0.2, 0.25) is 5.02 Å². The van der Waals surface area contributed by atoms with Crippen LogP contribution in [0.15, 0.2) is 78.0 Å². The lowest BCUT2D eigenvalue weighted by Crippen LogP contribution is -2.27. The lowest BCUT2D eigenvalue weighted by Gasteiger charge is -2.30. The van der Waals surface area contributed by atoms with Crippen molar-refractivity contribution in [2.24, 2.45) is 0 Å². The van der Waals surface area contributed by atoms with Crippen LogP contribution in [-0.2, 0) is 4.79 Å². The first-order valence-electron chi connectivity index (χ1n) is 10.6. The predicted octanol–water partition coefficient (Wildman–Crippen LogP) is 6.03. The molecule has 2 atom stereocenters. The van der Waals surface area contributed by atoms with E-state index < -0.39 is 6.04 Å². The molecule has 1 aliphatic heterocycles. The number of phenols is 1. The van der Waals surface area contributed by atoms with Crippen LogP contribution in [0, 0.1) is 0 Å². The molecular formula is C26H23ClN2O3. The third-order valence-corrected chi connectivity index (χ3v) is 6.53. The Morgan fingerprint density at radius 2 is 1.75 bits per heavy atom. The van der Waals surface area contributed by atoms with Crippen LogP contribution in [0.3, 0.4) is 0 Å². The highest BCUT2D eigenvalue weighted by molar-refractivity contribution is 6.31. The van der Waals surface area contributed by atoms with Crippen LogP contribution in [0.5, 0.6) is 11.5 Å². The van der Waals surface area contributed by atoms with Crippen molar-refractivity contribution < 1.29 is 14.6 Å². The van der Waals surface area contributed by atoms with Gasteiger partial charge in [-0.25, -0.2) is 0 Å². The monoisotopic (exact) mass is 446 g/mol. The van der Waals surface area contributed by atoms with Gasteiger partial charge in [0.25, 0.3) is 0 Å². The summed E-state index contributed by atoms with van der Waals surface area (Å²) in [4.78, 5) is 13.6. The number of hydrogen-bond donors (Lipinski definition) is 3. The van der Waals surface area contributed by atoms with Gasteiger partial charge >= 0.3 is 0 Å². The number of para-hydroxylation sites is 2. The number of anilines is 2.